The summed E-state index contributed by atoms with van der Waals surface area (Å²) >= 11 is 0. The van der Waals surface area contributed by atoms with Crippen LogP contribution in [0.5, 0.6) is 0 Å². The maximum absolute atomic E-state index is 10.8. The molecule has 4 N–H and O–H groups in total. The largest absolute Gasteiger partial charge is 0.407 e. The zero-order valence-corrected chi connectivity index (χ0v) is 9.70. The molecule has 0 atom stereocenters. The summed E-state index contributed by atoms with van der Waals surface area (Å²) < 4.78 is 5.29. The third-order valence-electron chi connectivity index (χ3n) is 1.86. The first kappa shape index (κ1) is 12.4. The highest BCUT2D eigenvalue weighted by Gasteiger charge is 2.22. The van der Waals surface area contributed by atoms with Crippen molar-refractivity contribution in [1.29, 1.82) is 0 Å². The summed E-state index contributed by atoms with van der Waals surface area (Å²) in [6, 6.07) is 0.288. The number of primary amides is 1. The van der Waals surface area contributed by atoms with Gasteiger partial charge in [-0.1, -0.05) is 5.10 Å². The van der Waals surface area contributed by atoms with Crippen LogP contribution in [0.4, 0.5) is 6.01 Å². The predicted molar refractivity (Wildman–Crippen MR) is 58.6 cm³/mol. The van der Waals surface area contributed by atoms with Crippen LogP contribution in [0.15, 0.2) is 4.42 Å². The van der Waals surface area contributed by atoms with E-state index in [1.807, 2.05) is 13.8 Å². The van der Waals surface area contributed by atoms with E-state index in [0.29, 0.717) is 12.4 Å². The smallest absolute Gasteiger partial charge is 0.315 e. The molecule has 0 bridgehead atoms. The lowest BCUT2D eigenvalue weighted by molar-refractivity contribution is -0.118. The van der Waals surface area contributed by atoms with Crippen molar-refractivity contribution in [2.24, 2.45) is 5.73 Å². The van der Waals surface area contributed by atoms with Crippen LogP contribution in [0.1, 0.15) is 26.2 Å². The molecule has 1 amide bonds. The number of nitrogens with two attached hydrogens (primary N) is 1. The summed E-state index contributed by atoms with van der Waals surface area (Å²) in [4.78, 5) is 10.8. The number of amides is 1. The molecule has 0 fully saturated rings. The fourth-order valence-electron chi connectivity index (χ4n) is 1.30. The fraction of sp³-hybridized carbons (Fsp3) is 0.667. The molecule has 0 radical (unpaired) electrons. The molecule has 1 aromatic rings. The van der Waals surface area contributed by atoms with E-state index < -0.39 is 5.54 Å². The van der Waals surface area contributed by atoms with Crippen molar-refractivity contribution in [3.8, 4) is 0 Å². The predicted octanol–water partition coefficient (Wildman–Crippen LogP) is -0.145. The summed E-state index contributed by atoms with van der Waals surface area (Å²) in [7, 11) is 1.79. The normalized spacial score (nSPS) is 11.4. The van der Waals surface area contributed by atoms with Gasteiger partial charge in [-0.15, -0.1) is 5.10 Å². The number of hydrogen-bond donors (Lipinski definition) is 3. The van der Waals surface area contributed by atoms with Gasteiger partial charge in [-0.3, -0.25) is 4.79 Å². The maximum Gasteiger partial charge on any atom is 0.315 e. The summed E-state index contributed by atoms with van der Waals surface area (Å²) in [6.45, 7) is 4.17. The Kier molecular flexibility index (Phi) is 3.83. The van der Waals surface area contributed by atoms with Crippen molar-refractivity contribution in [2.75, 3.05) is 12.4 Å². The molecule has 0 saturated heterocycles. The lowest BCUT2D eigenvalue weighted by Crippen LogP contribution is -2.36. The zero-order valence-electron chi connectivity index (χ0n) is 9.70. The van der Waals surface area contributed by atoms with E-state index in [9.17, 15) is 4.79 Å². The number of hydrogen-bond acceptors (Lipinski definition) is 6. The van der Waals surface area contributed by atoms with Gasteiger partial charge in [-0.2, -0.15) is 0 Å². The van der Waals surface area contributed by atoms with Crippen LogP contribution in [0.3, 0.4) is 0 Å². The van der Waals surface area contributed by atoms with Crippen molar-refractivity contribution >= 4 is 11.9 Å². The Morgan fingerprint density at radius 3 is 2.75 bits per heavy atom. The van der Waals surface area contributed by atoms with Crippen LogP contribution in [-0.2, 0) is 11.3 Å². The Morgan fingerprint density at radius 1 is 1.50 bits per heavy atom. The molecular weight excluding hydrogens is 210 g/mol. The molecule has 1 heterocycles. The lowest BCUT2D eigenvalue weighted by atomic mass is 10.0. The highest BCUT2D eigenvalue weighted by Crippen LogP contribution is 2.16. The molecular formula is C9H17N5O2. The van der Waals surface area contributed by atoms with E-state index in [-0.39, 0.29) is 18.3 Å². The highest BCUT2D eigenvalue weighted by atomic mass is 16.4. The number of anilines is 1. The molecule has 0 aliphatic carbocycles. The number of rotatable bonds is 6. The van der Waals surface area contributed by atoms with Gasteiger partial charge >= 0.3 is 6.01 Å². The maximum atomic E-state index is 10.8. The molecule has 0 spiro atoms. The molecule has 0 aliphatic rings. The Balaban J connectivity index is 2.61. The molecule has 0 aliphatic heterocycles. The van der Waals surface area contributed by atoms with Gasteiger partial charge in [0.1, 0.15) is 0 Å². The summed E-state index contributed by atoms with van der Waals surface area (Å²) in [5.41, 5.74) is 4.62. The Bertz CT molecular complexity index is 361. The van der Waals surface area contributed by atoms with Crippen molar-refractivity contribution < 1.29 is 9.21 Å². The summed E-state index contributed by atoms with van der Waals surface area (Å²) in [6.07, 6.45) is 0.191. The SMILES string of the molecule is CNCc1nnc(NC(C)(C)CC(N)=O)o1. The second-order valence-electron chi connectivity index (χ2n) is 4.18. The van der Waals surface area contributed by atoms with E-state index in [1.54, 1.807) is 7.05 Å². The second kappa shape index (κ2) is 4.93. The zero-order chi connectivity index (χ0) is 12.2. The van der Waals surface area contributed by atoms with Crippen LogP contribution < -0.4 is 16.4 Å². The van der Waals surface area contributed by atoms with Gasteiger partial charge < -0.3 is 20.8 Å². The Labute approximate surface area is 93.8 Å². The Morgan fingerprint density at radius 2 is 2.19 bits per heavy atom. The van der Waals surface area contributed by atoms with Gasteiger partial charge in [0, 0.05) is 12.0 Å². The lowest BCUT2D eigenvalue weighted by Gasteiger charge is -2.22. The molecule has 7 heteroatoms. The molecule has 16 heavy (non-hydrogen) atoms. The van der Waals surface area contributed by atoms with Crippen LogP contribution in [-0.4, -0.2) is 28.7 Å². The third kappa shape index (κ3) is 3.85. The standard InChI is InChI=1S/C9H17N5O2/c1-9(2,4-6(10)15)12-8-14-13-7(16-8)5-11-3/h11H,4-5H2,1-3H3,(H2,10,15)(H,12,14). The van der Waals surface area contributed by atoms with Crippen LogP contribution in [0.2, 0.25) is 0 Å². The van der Waals surface area contributed by atoms with Crippen LogP contribution >= 0.6 is 0 Å². The molecule has 90 valence electrons. The first-order chi connectivity index (χ1) is 7.43. The van der Waals surface area contributed by atoms with Gasteiger partial charge in [0.05, 0.1) is 6.54 Å². The van der Waals surface area contributed by atoms with Gasteiger partial charge in [0.15, 0.2) is 0 Å². The average molecular weight is 227 g/mol. The number of aromatic nitrogens is 2. The number of nitrogens with one attached hydrogen (secondary N) is 2. The summed E-state index contributed by atoms with van der Waals surface area (Å²) in [5, 5.41) is 13.5. The van der Waals surface area contributed by atoms with Crippen molar-refractivity contribution in [2.45, 2.75) is 32.4 Å². The monoisotopic (exact) mass is 227 g/mol. The topological polar surface area (TPSA) is 106 Å². The van der Waals surface area contributed by atoms with Gasteiger partial charge in [-0.25, -0.2) is 0 Å². The van der Waals surface area contributed by atoms with Crippen LogP contribution in [0, 0.1) is 0 Å². The number of carbonyl (C=O) groups excluding carboxylic acids is 1. The minimum absolute atomic E-state index is 0.191. The quantitative estimate of drug-likeness (QED) is 0.624. The minimum atomic E-state index is -0.505. The van der Waals surface area contributed by atoms with Crippen molar-refractivity contribution in [3.63, 3.8) is 0 Å². The van der Waals surface area contributed by atoms with Crippen molar-refractivity contribution in [3.05, 3.63) is 5.89 Å². The summed E-state index contributed by atoms with van der Waals surface area (Å²) in [5.74, 6) is 0.104. The number of carbonyl (C=O) groups is 1. The molecule has 1 rings (SSSR count). The van der Waals surface area contributed by atoms with E-state index in [2.05, 4.69) is 20.8 Å². The van der Waals surface area contributed by atoms with E-state index >= 15 is 0 Å². The van der Waals surface area contributed by atoms with E-state index in [4.69, 9.17) is 10.2 Å². The first-order valence-corrected chi connectivity index (χ1v) is 4.96. The Hall–Kier alpha value is -1.63. The van der Waals surface area contributed by atoms with E-state index in [1.165, 1.54) is 0 Å². The van der Waals surface area contributed by atoms with E-state index in [0.717, 1.165) is 0 Å². The molecule has 0 aromatic carbocycles. The molecule has 0 unspecified atom stereocenters. The van der Waals surface area contributed by atoms with Gasteiger partial charge in [0.25, 0.3) is 0 Å². The highest BCUT2D eigenvalue weighted by molar-refractivity contribution is 5.75. The first-order valence-electron chi connectivity index (χ1n) is 4.96. The average Bonchev–Trinajstić information content (AvgIpc) is 2.49. The molecule has 0 saturated carbocycles. The fourth-order valence-corrected chi connectivity index (χ4v) is 1.30. The van der Waals surface area contributed by atoms with Crippen molar-refractivity contribution in [1.82, 2.24) is 15.5 Å². The van der Waals surface area contributed by atoms with Crippen LogP contribution in [0.25, 0.3) is 0 Å². The number of nitrogens with zero attached hydrogens (tertiary/aromatic N) is 2. The minimum Gasteiger partial charge on any atom is -0.407 e. The van der Waals surface area contributed by atoms with Gasteiger partial charge in [-0.05, 0) is 20.9 Å². The second-order valence-corrected chi connectivity index (χ2v) is 4.18. The third-order valence-corrected chi connectivity index (χ3v) is 1.86. The molecule has 7 nitrogen and oxygen atoms in total. The van der Waals surface area contributed by atoms with Gasteiger partial charge in [0.2, 0.25) is 11.8 Å². The molecule has 1 aromatic heterocycles.